The summed E-state index contributed by atoms with van der Waals surface area (Å²) in [6.07, 6.45) is 3.64. The number of esters is 2. The van der Waals surface area contributed by atoms with E-state index in [4.69, 9.17) is 9.47 Å². The number of hydrogen-bond donors (Lipinski definition) is 0. The normalized spacial score (nSPS) is 14.9. The number of benzene rings is 1. The molecule has 196 valence electrons. The van der Waals surface area contributed by atoms with Crippen molar-refractivity contribution in [2.75, 3.05) is 38.3 Å². The molecule has 0 unspecified atom stereocenters. The number of amides is 2. The van der Waals surface area contributed by atoms with Crippen LogP contribution < -0.4 is 4.80 Å². The highest BCUT2D eigenvalue weighted by molar-refractivity contribution is 7.92. The second-order valence-corrected chi connectivity index (χ2v) is 11.4. The van der Waals surface area contributed by atoms with Crippen LogP contribution in [0, 0.1) is 0 Å². The van der Waals surface area contributed by atoms with Gasteiger partial charge in [0.2, 0.25) is 5.91 Å². The number of carbonyl (C=O) groups excluding carboxylic acids is 4. The molecule has 1 saturated heterocycles. The highest BCUT2D eigenvalue weighted by Crippen LogP contribution is 2.20. The SMILES string of the molecule is CCOC(=O)Cn1c(=NC(=O)CS(=O)(=O)CC(=O)N2CCCCCC2)sc2cc(C(=O)OC)ccc21. The predicted octanol–water partition coefficient (Wildman–Crippen LogP) is 1.30. The molecule has 13 heteroatoms. The largest absolute Gasteiger partial charge is 0.465 e. The number of thiazole rings is 1. The van der Waals surface area contributed by atoms with Crippen LogP contribution in [0.4, 0.5) is 0 Å². The first kappa shape index (κ1) is 27.5. The van der Waals surface area contributed by atoms with Gasteiger partial charge in [-0.15, -0.1) is 0 Å². The molecule has 2 aromatic rings. The van der Waals surface area contributed by atoms with E-state index >= 15 is 0 Å². The maximum Gasteiger partial charge on any atom is 0.337 e. The van der Waals surface area contributed by atoms with Crippen molar-refractivity contribution >= 4 is 55.1 Å². The monoisotopic (exact) mass is 539 g/mol. The molecule has 0 N–H and O–H groups in total. The quantitative estimate of drug-likeness (QED) is 0.457. The molecule has 0 spiro atoms. The molecule has 1 aliphatic heterocycles. The molecular formula is C23H29N3O8S2. The number of methoxy groups -OCH3 is 1. The average molecular weight is 540 g/mol. The predicted molar refractivity (Wildman–Crippen MR) is 132 cm³/mol. The number of ether oxygens (including phenoxy) is 2. The molecule has 0 bridgehead atoms. The van der Waals surface area contributed by atoms with Crippen molar-refractivity contribution < 1.29 is 37.1 Å². The van der Waals surface area contributed by atoms with Crippen LogP contribution in [-0.4, -0.2) is 79.9 Å². The Kier molecular flexibility index (Phi) is 9.37. The maximum atomic E-state index is 12.6. The van der Waals surface area contributed by atoms with E-state index in [0.29, 0.717) is 23.3 Å². The van der Waals surface area contributed by atoms with Crippen molar-refractivity contribution in [3.8, 4) is 0 Å². The zero-order valence-corrected chi connectivity index (χ0v) is 21.9. The van der Waals surface area contributed by atoms with Gasteiger partial charge in [0.1, 0.15) is 18.1 Å². The standard InChI is InChI=1S/C23H29N3O8S2/c1-3-34-21(29)13-26-17-9-8-16(22(30)33-2)12-18(17)35-23(26)24-19(27)14-36(31,32)15-20(28)25-10-6-4-5-7-11-25/h8-9,12H,3-7,10-11,13-15H2,1-2H3. The summed E-state index contributed by atoms with van der Waals surface area (Å²) >= 11 is 1.01. The van der Waals surface area contributed by atoms with Gasteiger partial charge in [-0.25, -0.2) is 13.2 Å². The van der Waals surface area contributed by atoms with Crippen LogP contribution >= 0.6 is 11.3 Å². The molecule has 0 atom stereocenters. The summed E-state index contributed by atoms with van der Waals surface area (Å²) < 4.78 is 36.9. The third kappa shape index (κ3) is 7.23. The van der Waals surface area contributed by atoms with Gasteiger partial charge in [0.15, 0.2) is 14.6 Å². The van der Waals surface area contributed by atoms with Crippen LogP contribution in [0.15, 0.2) is 23.2 Å². The molecule has 3 rings (SSSR count). The fourth-order valence-corrected chi connectivity index (χ4v) is 6.06. The van der Waals surface area contributed by atoms with E-state index in [1.54, 1.807) is 13.0 Å². The van der Waals surface area contributed by atoms with Crippen LogP contribution in [-0.2, 0) is 40.2 Å². The molecule has 2 amide bonds. The molecule has 11 nitrogen and oxygen atoms in total. The summed E-state index contributed by atoms with van der Waals surface area (Å²) in [5.74, 6) is -4.30. The smallest absolute Gasteiger partial charge is 0.337 e. The van der Waals surface area contributed by atoms with Crippen molar-refractivity contribution in [1.82, 2.24) is 9.47 Å². The van der Waals surface area contributed by atoms with Crippen LogP contribution in [0.1, 0.15) is 43.0 Å². The first-order valence-electron chi connectivity index (χ1n) is 11.6. The minimum atomic E-state index is -4.05. The lowest BCUT2D eigenvalue weighted by molar-refractivity contribution is -0.143. The first-order valence-corrected chi connectivity index (χ1v) is 14.2. The molecule has 1 aromatic heterocycles. The number of rotatable bonds is 8. The van der Waals surface area contributed by atoms with Gasteiger partial charge in [-0.1, -0.05) is 24.2 Å². The van der Waals surface area contributed by atoms with Crippen molar-refractivity contribution in [3.63, 3.8) is 0 Å². The van der Waals surface area contributed by atoms with Gasteiger partial charge in [-0.05, 0) is 38.0 Å². The molecule has 1 aliphatic rings. The van der Waals surface area contributed by atoms with E-state index < -0.39 is 45.1 Å². The molecular weight excluding hydrogens is 510 g/mol. The number of likely N-dealkylation sites (tertiary alicyclic amines) is 1. The lowest BCUT2D eigenvalue weighted by atomic mass is 10.2. The van der Waals surface area contributed by atoms with Gasteiger partial charge in [-0.3, -0.25) is 14.4 Å². The number of sulfone groups is 1. The van der Waals surface area contributed by atoms with Crippen molar-refractivity contribution in [2.24, 2.45) is 4.99 Å². The van der Waals surface area contributed by atoms with Crippen LogP contribution in [0.2, 0.25) is 0 Å². The third-order valence-electron chi connectivity index (χ3n) is 5.56. The third-order valence-corrected chi connectivity index (χ3v) is 7.98. The summed E-state index contributed by atoms with van der Waals surface area (Å²) in [5, 5.41) is 0. The molecule has 1 fully saturated rings. The van der Waals surface area contributed by atoms with E-state index in [-0.39, 0.29) is 23.5 Å². The van der Waals surface area contributed by atoms with E-state index in [1.165, 1.54) is 28.7 Å². The van der Waals surface area contributed by atoms with E-state index in [1.807, 2.05) is 0 Å². The van der Waals surface area contributed by atoms with Gasteiger partial charge in [0.05, 0.1) is 29.5 Å². The maximum absolute atomic E-state index is 12.6. The summed E-state index contributed by atoms with van der Waals surface area (Å²) in [7, 11) is -2.80. The van der Waals surface area contributed by atoms with E-state index in [0.717, 1.165) is 37.0 Å². The minimum Gasteiger partial charge on any atom is -0.465 e. The first-order chi connectivity index (χ1) is 17.1. The fourth-order valence-electron chi connectivity index (χ4n) is 3.87. The second kappa shape index (κ2) is 12.3. The Morgan fingerprint density at radius 3 is 2.39 bits per heavy atom. The van der Waals surface area contributed by atoms with Gasteiger partial charge in [0, 0.05) is 13.1 Å². The Balaban J connectivity index is 1.87. The number of nitrogens with zero attached hydrogens (tertiary/aromatic N) is 3. The average Bonchev–Trinajstić information content (AvgIpc) is 2.98. The molecule has 36 heavy (non-hydrogen) atoms. The summed E-state index contributed by atoms with van der Waals surface area (Å²) in [4.78, 5) is 54.7. The number of fused-ring (bicyclic) bond motifs is 1. The summed E-state index contributed by atoms with van der Waals surface area (Å²) in [5.41, 5.74) is 0.772. The zero-order valence-electron chi connectivity index (χ0n) is 20.2. The fraction of sp³-hybridized carbons (Fsp3) is 0.522. The van der Waals surface area contributed by atoms with Crippen molar-refractivity contribution in [3.05, 3.63) is 28.6 Å². The topological polar surface area (TPSA) is 141 Å². The molecule has 0 saturated carbocycles. The molecule has 2 heterocycles. The zero-order chi connectivity index (χ0) is 26.3. The lowest BCUT2D eigenvalue weighted by Gasteiger charge is -2.19. The van der Waals surface area contributed by atoms with Gasteiger partial charge in [-0.2, -0.15) is 4.99 Å². The van der Waals surface area contributed by atoms with E-state index in [2.05, 4.69) is 4.99 Å². The molecule has 0 radical (unpaired) electrons. The van der Waals surface area contributed by atoms with Crippen LogP contribution in [0.3, 0.4) is 0 Å². The Labute approximate surface area is 212 Å². The second-order valence-electron chi connectivity index (χ2n) is 8.28. The summed E-state index contributed by atoms with van der Waals surface area (Å²) in [6, 6.07) is 4.62. The minimum absolute atomic E-state index is 0.0686. The van der Waals surface area contributed by atoms with Gasteiger partial charge >= 0.3 is 11.9 Å². The number of aromatic nitrogens is 1. The van der Waals surface area contributed by atoms with E-state index in [9.17, 15) is 27.6 Å². The van der Waals surface area contributed by atoms with Gasteiger partial charge in [0.25, 0.3) is 5.91 Å². The van der Waals surface area contributed by atoms with Crippen molar-refractivity contribution in [2.45, 2.75) is 39.2 Å². The summed E-state index contributed by atoms with van der Waals surface area (Å²) in [6.45, 7) is 2.57. The van der Waals surface area contributed by atoms with Crippen LogP contribution in [0.25, 0.3) is 10.2 Å². The molecule has 0 aliphatic carbocycles. The highest BCUT2D eigenvalue weighted by atomic mass is 32.2. The Morgan fingerprint density at radius 2 is 1.75 bits per heavy atom. The number of hydrogen-bond acceptors (Lipinski definition) is 9. The van der Waals surface area contributed by atoms with Crippen molar-refractivity contribution in [1.29, 1.82) is 0 Å². The Bertz CT molecular complexity index is 1320. The highest BCUT2D eigenvalue weighted by Gasteiger charge is 2.25. The lowest BCUT2D eigenvalue weighted by Crippen LogP contribution is -2.37. The molecule has 1 aromatic carbocycles. The van der Waals surface area contributed by atoms with Crippen LogP contribution in [0.5, 0.6) is 0 Å². The van der Waals surface area contributed by atoms with Gasteiger partial charge < -0.3 is 18.9 Å². The number of carbonyl (C=O) groups is 4. The Morgan fingerprint density at radius 1 is 1.06 bits per heavy atom. The Hall–Kier alpha value is -3.06.